The summed E-state index contributed by atoms with van der Waals surface area (Å²) >= 11 is 0. The van der Waals surface area contributed by atoms with Gasteiger partial charge >= 0.3 is 5.97 Å². The number of esters is 1. The van der Waals surface area contributed by atoms with Crippen LogP contribution in [0.5, 0.6) is 11.6 Å². The average Bonchev–Trinajstić information content (AvgIpc) is 3.25. The lowest BCUT2D eigenvalue weighted by Crippen LogP contribution is -2.42. The van der Waals surface area contributed by atoms with E-state index in [1.807, 2.05) is 27.0 Å². The highest BCUT2D eigenvalue weighted by Crippen LogP contribution is 2.36. The predicted molar refractivity (Wildman–Crippen MR) is 157 cm³/mol. The number of hydrogen-bond acceptors (Lipinski definition) is 8. The average molecular weight is 558 g/mol. The Balaban J connectivity index is 1.52. The molecule has 1 unspecified atom stereocenters. The van der Waals surface area contributed by atoms with Gasteiger partial charge in [0.1, 0.15) is 22.6 Å². The van der Waals surface area contributed by atoms with Crippen molar-refractivity contribution in [2.45, 2.75) is 72.1 Å². The van der Waals surface area contributed by atoms with Crippen LogP contribution < -0.4 is 4.74 Å². The minimum Gasteiger partial charge on any atom is -0.493 e. The number of nitrogens with zero attached hydrogens (tertiary/aromatic N) is 5. The molecule has 2 aromatic heterocycles. The minimum atomic E-state index is -0.398. The molecule has 9 nitrogen and oxygen atoms in total. The maximum atomic E-state index is 12.8. The van der Waals surface area contributed by atoms with E-state index >= 15 is 0 Å². The van der Waals surface area contributed by atoms with Crippen molar-refractivity contribution in [3.8, 4) is 11.6 Å². The lowest BCUT2D eigenvalue weighted by molar-refractivity contribution is -0.143. The van der Waals surface area contributed by atoms with Gasteiger partial charge in [0.25, 0.3) is 0 Å². The first-order chi connectivity index (χ1) is 19.6. The Morgan fingerprint density at radius 1 is 1.17 bits per heavy atom. The van der Waals surface area contributed by atoms with Crippen molar-refractivity contribution in [2.75, 3.05) is 13.2 Å². The van der Waals surface area contributed by atoms with Gasteiger partial charge in [0, 0.05) is 38.7 Å². The first-order valence-corrected chi connectivity index (χ1v) is 14.2. The molecule has 0 fully saturated rings. The van der Waals surface area contributed by atoms with Crippen LogP contribution in [0.3, 0.4) is 0 Å². The number of aromatic hydroxyl groups is 1. The van der Waals surface area contributed by atoms with Gasteiger partial charge < -0.3 is 14.6 Å². The zero-order valence-corrected chi connectivity index (χ0v) is 24.8. The predicted octanol–water partition coefficient (Wildman–Crippen LogP) is 5.33. The normalized spacial score (nSPS) is 18.0. The third-order valence-electron chi connectivity index (χ3n) is 8.25. The highest BCUT2D eigenvalue weighted by molar-refractivity contribution is 5.80. The van der Waals surface area contributed by atoms with Crippen molar-refractivity contribution >= 4 is 17.0 Å². The van der Waals surface area contributed by atoms with Gasteiger partial charge in [-0.1, -0.05) is 36.4 Å². The van der Waals surface area contributed by atoms with E-state index in [0.29, 0.717) is 32.0 Å². The van der Waals surface area contributed by atoms with Crippen LogP contribution in [-0.4, -0.2) is 54.7 Å². The standard InChI is InChI=1S/C32H39N5O4/c1-7-32(5)19-37(18-26-28(41-32)13-14-29(38)33-26)17-23-15-22(10-9-20(23)3)25(16-30(39)40-8-2)24-11-12-27-31(21(24)4)34-35-36(27)6/h9-15,25H,7-8,16-19H2,1-6H3,(H,33,38)/t25?,32-/m0/s1. The van der Waals surface area contributed by atoms with Crippen LogP contribution in [0, 0.1) is 13.8 Å². The number of benzene rings is 2. The maximum Gasteiger partial charge on any atom is 0.306 e. The van der Waals surface area contributed by atoms with Gasteiger partial charge in [0.2, 0.25) is 5.88 Å². The Morgan fingerprint density at radius 3 is 2.73 bits per heavy atom. The Bertz CT molecular complexity index is 1580. The molecule has 2 atom stereocenters. The van der Waals surface area contributed by atoms with Gasteiger partial charge in [0.05, 0.1) is 18.5 Å². The molecule has 1 aliphatic rings. The second-order valence-electron chi connectivity index (χ2n) is 11.3. The van der Waals surface area contributed by atoms with E-state index in [0.717, 1.165) is 51.0 Å². The fourth-order valence-electron chi connectivity index (χ4n) is 5.76. The maximum absolute atomic E-state index is 12.8. The van der Waals surface area contributed by atoms with Gasteiger partial charge in [-0.05, 0) is 74.1 Å². The Hall–Kier alpha value is -3.98. The summed E-state index contributed by atoms with van der Waals surface area (Å²) in [6.07, 6.45) is 1.06. The van der Waals surface area contributed by atoms with E-state index in [1.54, 1.807) is 16.8 Å². The molecule has 5 rings (SSSR count). The summed E-state index contributed by atoms with van der Waals surface area (Å²) in [7, 11) is 1.88. The van der Waals surface area contributed by atoms with Gasteiger partial charge in [-0.15, -0.1) is 5.10 Å². The molecular weight excluding hydrogens is 518 g/mol. The summed E-state index contributed by atoms with van der Waals surface area (Å²) in [5, 5.41) is 18.6. The molecular formula is C32H39N5O4. The molecule has 0 saturated carbocycles. The summed E-state index contributed by atoms with van der Waals surface area (Å²) in [4.78, 5) is 19.5. The molecule has 0 saturated heterocycles. The van der Waals surface area contributed by atoms with Gasteiger partial charge in [-0.25, -0.2) is 9.67 Å². The van der Waals surface area contributed by atoms with Crippen molar-refractivity contribution in [1.82, 2.24) is 24.9 Å². The highest BCUT2D eigenvalue weighted by atomic mass is 16.5. The monoisotopic (exact) mass is 557 g/mol. The minimum absolute atomic E-state index is 0.0113. The summed E-state index contributed by atoms with van der Waals surface area (Å²) < 4.78 is 13.6. The van der Waals surface area contributed by atoms with E-state index in [9.17, 15) is 9.90 Å². The third kappa shape index (κ3) is 5.91. The number of carbonyl (C=O) groups is 1. The Labute approximate surface area is 241 Å². The summed E-state index contributed by atoms with van der Waals surface area (Å²) in [5.41, 5.74) is 7.54. The molecule has 0 aliphatic carbocycles. The number of pyridine rings is 1. The number of hydrogen-bond donors (Lipinski definition) is 1. The summed E-state index contributed by atoms with van der Waals surface area (Å²) in [6.45, 7) is 12.5. The number of fused-ring (bicyclic) bond motifs is 2. The van der Waals surface area contributed by atoms with Crippen LogP contribution in [0.25, 0.3) is 11.0 Å². The van der Waals surface area contributed by atoms with Gasteiger partial charge in [-0.2, -0.15) is 0 Å². The first-order valence-electron chi connectivity index (χ1n) is 14.2. The highest BCUT2D eigenvalue weighted by Gasteiger charge is 2.33. The smallest absolute Gasteiger partial charge is 0.306 e. The number of aryl methyl sites for hydroxylation is 3. The van der Waals surface area contributed by atoms with E-state index in [2.05, 4.69) is 65.2 Å². The Kier molecular flexibility index (Phi) is 8.00. The van der Waals surface area contributed by atoms with Crippen LogP contribution in [0.4, 0.5) is 0 Å². The molecule has 0 radical (unpaired) electrons. The molecule has 0 bridgehead atoms. The molecule has 2 aromatic carbocycles. The van der Waals surface area contributed by atoms with Crippen LogP contribution in [-0.2, 0) is 29.7 Å². The summed E-state index contributed by atoms with van der Waals surface area (Å²) in [5.74, 6) is 0.268. The van der Waals surface area contributed by atoms with Crippen LogP contribution in [0.2, 0.25) is 0 Å². The van der Waals surface area contributed by atoms with Gasteiger partial charge in [0.15, 0.2) is 0 Å². The molecule has 3 heterocycles. The number of carbonyl (C=O) groups excluding carboxylic acids is 1. The van der Waals surface area contributed by atoms with Crippen molar-refractivity contribution in [2.24, 2.45) is 7.05 Å². The topological polar surface area (TPSA) is 103 Å². The molecule has 1 aliphatic heterocycles. The molecule has 0 spiro atoms. The van der Waals surface area contributed by atoms with E-state index in [4.69, 9.17) is 9.47 Å². The SMILES string of the molecule is CCOC(=O)CC(c1ccc(C)c(CN2Cc3nc(O)ccc3O[C@@](C)(CC)C2)c1)c1ccc2c(nnn2C)c1C. The fourth-order valence-corrected chi connectivity index (χ4v) is 5.76. The molecule has 4 aromatic rings. The van der Waals surface area contributed by atoms with Crippen molar-refractivity contribution < 1.29 is 19.4 Å². The molecule has 1 N–H and O–H groups in total. The first kappa shape index (κ1) is 28.5. The van der Waals surface area contributed by atoms with Crippen LogP contribution >= 0.6 is 0 Å². The van der Waals surface area contributed by atoms with Crippen molar-refractivity contribution in [3.05, 3.63) is 76.0 Å². The van der Waals surface area contributed by atoms with Crippen molar-refractivity contribution in [1.29, 1.82) is 0 Å². The van der Waals surface area contributed by atoms with E-state index in [-0.39, 0.29) is 24.2 Å². The lowest BCUT2D eigenvalue weighted by Gasteiger charge is -2.32. The molecule has 0 amide bonds. The fraction of sp³-hybridized carbons (Fsp3) is 0.438. The van der Waals surface area contributed by atoms with E-state index < -0.39 is 5.60 Å². The zero-order chi connectivity index (χ0) is 29.3. The van der Waals surface area contributed by atoms with Crippen LogP contribution in [0.1, 0.15) is 73.0 Å². The molecule has 216 valence electrons. The largest absolute Gasteiger partial charge is 0.493 e. The van der Waals surface area contributed by atoms with E-state index in [1.165, 1.54) is 0 Å². The number of ether oxygens (including phenoxy) is 2. The second-order valence-corrected chi connectivity index (χ2v) is 11.3. The zero-order valence-electron chi connectivity index (χ0n) is 24.8. The number of aromatic nitrogens is 4. The Morgan fingerprint density at radius 2 is 1.98 bits per heavy atom. The van der Waals surface area contributed by atoms with Crippen LogP contribution in [0.15, 0.2) is 42.5 Å². The third-order valence-corrected chi connectivity index (χ3v) is 8.25. The molecule has 41 heavy (non-hydrogen) atoms. The van der Waals surface area contributed by atoms with Gasteiger partial charge in [-0.3, -0.25) is 9.69 Å². The number of rotatable bonds is 8. The summed E-state index contributed by atoms with van der Waals surface area (Å²) in [6, 6.07) is 13.9. The quantitative estimate of drug-likeness (QED) is 0.290. The molecule has 9 heteroatoms. The second kappa shape index (κ2) is 11.5. The van der Waals surface area contributed by atoms with Crippen molar-refractivity contribution in [3.63, 3.8) is 0 Å². The lowest BCUT2D eigenvalue weighted by atomic mass is 9.84.